The number of ether oxygens (including phenoxy) is 1. The minimum Gasteiger partial charge on any atom is -0.445 e. The quantitative estimate of drug-likeness (QED) is 0.354. The molecule has 0 aliphatic carbocycles. The van der Waals surface area contributed by atoms with Crippen molar-refractivity contribution in [1.29, 1.82) is 0 Å². The number of alkyl halides is 4. The number of unbranched alkanes of at least 4 members (excludes halogenated alkanes) is 1. The first-order chi connectivity index (χ1) is 18.7. The summed E-state index contributed by atoms with van der Waals surface area (Å²) in [6.45, 7) is 8.53. The predicted octanol–water partition coefficient (Wildman–Crippen LogP) is 6.07. The molecule has 0 spiro atoms. The Morgan fingerprint density at radius 1 is 1.02 bits per heavy atom. The fraction of sp³-hybridized carbons (Fsp3) is 0.552. The van der Waals surface area contributed by atoms with Gasteiger partial charge in [0, 0.05) is 69.4 Å². The van der Waals surface area contributed by atoms with Crippen LogP contribution in [0.3, 0.4) is 0 Å². The molecule has 1 saturated heterocycles. The predicted molar refractivity (Wildman–Crippen MR) is 143 cm³/mol. The average molecular weight is 567 g/mol. The molecule has 0 bridgehead atoms. The molecule has 1 N–H and O–H groups in total. The number of piperazine rings is 1. The molecule has 1 aliphatic heterocycles. The molecule has 0 radical (unpaired) electrons. The van der Waals surface area contributed by atoms with E-state index in [1.54, 1.807) is 17.0 Å². The van der Waals surface area contributed by atoms with Crippen LogP contribution in [0.2, 0.25) is 0 Å². The zero-order chi connectivity index (χ0) is 29.7. The van der Waals surface area contributed by atoms with Crippen LogP contribution in [0.15, 0.2) is 36.5 Å². The Morgan fingerprint density at radius 2 is 1.62 bits per heavy atom. The minimum atomic E-state index is -3.34. The highest BCUT2D eigenvalue weighted by Crippen LogP contribution is 2.34. The summed E-state index contributed by atoms with van der Waals surface area (Å²) in [5.41, 5.74) is -0.185. The van der Waals surface area contributed by atoms with E-state index in [1.165, 1.54) is 11.1 Å². The Bertz CT molecular complexity index is 1140. The van der Waals surface area contributed by atoms with E-state index < -0.39 is 35.7 Å². The van der Waals surface area contributed by atoms with Crippen LogP contribution in [0.25, 0.3) is 0 Å². The van der Waals surface area contributed by atoms with Crippen LogP contribution < -0.4 is 5.32 Å². The van der Waals surface area contributed by atoms with E-state index >= 15 is 0 Å². The topological polar surface area (TPSA) is 74.8 Å². The first kappa shape index (κ1) is 31.3. The molecular weight excluding hydrogens is 528 g/mol. The molecule has 220 valence electrons. The second-order valence-corrected chi connectivity index (χ2v) is 10.6. The zero-order valence-electron chi connectivity index (χ0n) is 23.6. The Morgan fingerprint density at radius 3 is 2.17 bits per heavy atom. The number of nitrogens with one attached hydrogen (secondary N) is 1. The van der Waals surface area contributed by atoms with Crippen molar-refractivity contribution in [1.82, 2.24) is 20.1 Å². The fourth-order valence-corrected chi connectivity index (χ4v) is 4.68. The zero-order valence-corrected chi connectivity index (χ0v) is 23.6. The van der Waals surface area contributed by atoms with Gasteiger partial charge in [-0.05, 0) is 61.7 Å². The number of carbonyl (C=O) groups is 2. The molecule has 1 aliphatic rings. The maximum Gasteiger partial charge on any atom is 0.410 e. The van der Waals surface area contributed by atoms with Crippen molar-refractivity contribution in [2.45, 2.75) is 84.5 Å². The van der Waals surface area contributed by atoms with Crippen LogP contribution in [0.5, 0.6) is 0 Å². The van der Waals surface area contributed by atoms with Gasteiger partial charge in [-0.1, -0.05) is 13.3 Å². The summed E-state index contributed by atoms with van der Waals surface area (Å²) in [5.74, 6) is -6.88. The van der Waals surface area contributed by atoms with Crippen molar-refractivity contribution < 1.29 is 31.9 Å². The number of aromatic nitrogens is 1. The molecule has 2 atom stereocenters. The number of hydrogen-bond acceptors (Lipinski definition) is 5. The monoisotopic (exact) mass is 566 g/mol. The van der Waals surface area contributed by atoms with Crippen LogP contribution in [0.1, 0.15) is 80.2 Å². The van der Waals surface area contributed by atoms with Gasteiger partial charge in [-0.15, -0.1) is 0 Å². The van der Waals surface area contributed by atoms with Crippen LogP contribution in [-0.4, -0.2) is 58.5 Å². The van der Waals surface area contributed by atoms with Gasteiger partial charge in [0.15, 0.2) is 0 Å². The van der Waals surface area contributed by atoms with Crippen LogP contribution in [0, 0.1) is 0 Å². The number of pyridine rings is 1. The van der Waals surface area contributed by atoms with Gasteiger partial charge >= 0.3 is 6.09 Å². The van der Waals surface area contributed by atoms with Crippen molar-refractivity contribution in [3.8, 4) is 0 Å². The number of carbonyl (C=O) groups excluding carboxylic acids is 2. The summed E-state index contributed by atoms with van der Waals surface area (Å²) in [6, 6.07) is 6.25. The second kappa shape index (κ2) is 13.0. The smallest absolute Gasteiger partial charge is 0.410 e. The number of rotatable bonds is 10. The van der Waals surface area contributed by atoms with Gasteiger partial charge in [-0.2, -0.15) is 0 Å². The molecule has 2 unspecified atom stereocenters. The van der Waals surface area contributed by atoms with Crippen LogP contribution in [-0.2, 0) is 29.7 Å². The van der Waals surface area contributed by atoms with E-state index in [-0.39, 0.29) is 35.8 Å². The van der Waals surface area contributed by atoms with E-state index in [0.29, 0.717) is 45.5 Å². The summed E-state index contributed by atoms with van der Waals surface area (Å²) in [7, 11) is 0. The first-order valence-corrected chi connectivity index (χ1v) is 13.5. The van der Waals surface area contributed by atoms with Crippen molar-refractivity contribution >= 4 is 12.0 Å². The molecule has 0 saturated carbocycles. The van der Waals surface area contributed by atoms with Crippen LogP contribution >= 0.6 is 0 Å². The Hall–Kier alpha value is -3.21. The van der Waals surface area contributed by atoms with Gasteiger partial charge < -0.3 is 19.9 Å². The lowest BCUT2D eigenvalue weighted by Gasteiger charge is -2.39. The highest BCUT2D eigenvalue weighted by molar-refractivity contribution is 5.93. The third kappa shape index (κ3) is 8.16. The maximum atomic E-state index is 14.0. The summed E-state index contributed by atoms with van der Waals surface area (Å²) in [4.78, 5) is 33.8. The third-order valence-electron chi connectivity index (χ3n) is 6.89. The molecule has 1 aromatic heterocycles. The largest absolute Gasteiger partial charge is 0.445 e. The normalized spacial score (nSPS) is 18.0. The summed E-state index contributed by atoms with van der Waals surface area (Å²) in [6.07, 6.45) is 2.27. The van der Waals surface area contributed by atoms with Gasteiger partial charge in [0.25, 0.3) is 17.8 Å². The molecule has 2 heterocycles. The molecule has 40 heavy (non-hydrogen) atoms. The lowest BCUT2D eigenvalue weighted by atomic mass is 9.99. The third-order valence-corrected chi connectivity index (χ3v) is 6.89. The van der Waals surface area contributed by atoms with Gasteiger partial charge in [0.1, 0.15) is 12.3 Å². The minimum absolute atomic E-state index is 0.00271. The Kier molecular flexibility index (Phi) is 10.2. The molecule has 1 aromatic carbocycles. The first-order valence-electron chi connectivity index (χ1n) is 13.5. The van der Waals surface area contributed by atoms with Crippen LogP contribution in [0.4, 0.5) is 22.4 Å². The molecule has 1 fully saturated rings. The molecule has 7 nitrogen and oxygen atoms in total. The number of amides is 2. The van der Waals surface area contributed by atoms with E-state index in [9.17, 15) is 27.2 Å². The van der Waals surface area contributed by atoms with E-state index in [4.69, 9.17) is 4.74 Å². The van der Waals surface area contributed by atoms with E-state index in [0.717, 1.165) is 24.6 Å². The molecular formula is C29H38F4N4O3. The van der Waals surface area contributed by atoms with Crippen molar-refractivity contribution in [2.75, 3.05) is 19.6 Å². The lowest BCUT2D eigenvalue weighted by molar-refractivity contribution is 0.0102. The molecule has 3 rings (SSSR count). The maximum absolute atomic E-state index is 14.0. The standard InChI is InChI=1S/C29H38F4N4O3/c1-6-7-10-36(17-21-8-9-35-25(13-21)26(38)37-19(2)15-34-16-20(37)3)27(39)40-18-22-11-23(28(4,30)31)14-24(12-22)29(5,32)33/h8-9,11-14,19-20,34H,6-7,10,15-18H2,1-5H3. The summed E-state index contributed by atoms with van der Waals surface area (Å²) in [5, 5.41) is 3.29. The Balaban J connectivity index is 1.77. The summed E-state index contributed by atoms with van der Waals surface area (Å²) < 4.78 is 61.3. The van der Waals surface area contributed by atoms with E-state index in [2.05, 4.69) is 10.3 Å². The van der Waals surface area contributed by atoms with Crippen molar-refractivity contribution in [3.63, 3.8) is 0 Å². The number of hydrogen-bond donors (Lipinski definition) is 1. The Labute approximate surface area is 232 Å². The number of halogens is 4. The van der Waals surface area contributed by atoms with Gasteiger partial charge in [-0.25, -0.2) is 22.4 Å². The molecule has 2 amide bonds. The molecule has 11 heteroatoms. The SMILES string of the molecule is CCCCN(Cc1ccnc(C(=O)N2C(C)CNCC2C)c1)C(=O)OCc1cc(C(C)(F)F)cc(C(C)(F)F)c1. The summed E-state index contributed by atoms with van der Waals surface area (Å²) >= 11 is 0. The average Bonchev–Trinajstić information content (AvgIpc) is 2.88. The van der Waals surface area contributed by atoms with Gasteiger partial charge in [-0.3, -0.25) is 9.78 Å². The van der Waals surface area contributed by atoms with E-state index in [1.807, 2.05) is 20.8 Å². The highest BCUT2D eigenvalue weighted by atomic mass is 19.3. The fourth-order valence-electron chi connectivity index (χ4n) is 4.68. The van der Waals surface area contributed by atoms with Gasteiger partial charge in [0.2, 0.25) is 0 Å². The lowest BCUT2D eigenvalue weighted by Crippen LogP contribution is -2.57. The molecule has 2 aromatic rings. The second-order valence-electron chi connectivity index (χ2n) is 10.6. The van der Waals surface area contributed by atoms with Crippen molar-refractivity contribution in [3.05, 3.63) is 64.5 Å². The number of nitrogens with zero attached hydrogens (tertiary/aromatic N) is 3. The highest BCUT2D eigenvalue weighted by Gasteiger charge is 2.32. The van der Waals surface area contributed by atoms with Crippen molar-refractivity contribution in [2.24, 2.45) is 0 Å². The van der Waals surface area contributed by atoms with Gasteiger partial charge in [0.05, 0.1) is 0 Å². The number of benzene rings is 1.